The standard InChI is InChI=1S/C16H15BrFNO/c1-10-7-13(17)8-11(2)16(10)19-15(20)9-12-3-5-14(18)6-4-12/h3-8H,9H2,1-2H3,(H,19,20). The molecule has 104 valence electrons. The molecule has 0 bridgehead atoms. The second kappa shape index (κ2) is 6.18. The molecule has 2 nitrogen and oxygen atoms in total. The number of carbonyl (C=O) groups is 1. The van der Waals surface area contributed by atoms with E-state index in [1.54, 1.807) is 12.1 Å². The van der Waals surface area contributed by atoms with Crippen LogP contribution in [0.15, 0.2) is 40.9 Å². The average molecular weight is 336 g/mol. The Morgan fingerprint density at radius 3 is 2.25 bits per heavy atom. The summed E-state index contributed by atoms with van der Waals surface area (Å²) in [6.07, 6.45) is 0.231. The van der Waals surface area contributed by atoms with Crippen LogP contribution in [0.3, 0.4) is 0 Å². The van der Waals surface area contributed by atoms with Gasteiger partial charge in [0.1, 0.15) is 5.82 Å². The van der Waals surface area contributed by atoms with Crippen LogP contribution >= 0.6 is 15.9 Å². The largest absolute Gasteiger partial charge is 0.325 e. The minimum atomic E-state index is -0.297. The van der Waals surface area contributed by atoms with Gasteiger partial charge < -0.3 is 5.32 Å². The maximum Gasteiger partial charge on any atom is 0.228 e. The zero-order chi connectivity index (χ0) is 14.7. The maximum absolute atomic E-state index is 12.8. The van der Waals surface area contributed by atoms with Crippen LogP contribution in [0.25, 0.3) is 0 Å². The van der Waals surface area contributed by atoms with Gasteiger partial charge in [-0.3, -0.25) is 4.79 Å². The Labute approximate surface area is 126 Å². The topological polar surface area (TPSA) is 29.1 Å². The highest BCUT2D eigenvalue weighted by atomic mass is 79.9. The van der Waals surface area contributed by atoms with E-state index in [4.69, 9.17) is 0 Å². The minimum Gasteiger partial charge on any atom is -0.325 e. The molecule has 4 heteroatoms. The van der Waals surface area contributed by atoms with Gasteiger partial charge in [0.05, 0.1) is 6.42 Å². The molecule has 0 aliphatic heterocycles. The lowest BCUT2D eigenvalue weighted by atomic mass is 10.1. The zero-order valence-electron chi connectivity index (χ0n) is 11.3. The molecule has 2 aromatic carbocycles. The first-order valence-corrected chi connectivity index (χ1v) is 7.06. The molecule has 0 aliphatic rings. The number of benzene rings is 2. The molecule has 0 aromatic heterocycles. The van der Waals surface area contributed by atoms with Crippen LogP contribution in [-0.4, -0.2) is 5.91 Å². The number of hydrogen-bond acceptors (Lipinski definition) is 1. The van der Waals surface area contributed by atoms with Crippen LogP contribution in [0.2, 0.25) is 0 Å². The molecule has 0 radical (unpaired) electrons. The Kier molecular flexibility index (Phi) is 4.55. The van der Waals surface area contributed by atoms with Crippen molar-refractivity contribution in [3.63, 3.8) is 0 Å². The van der Waals surface area contributed by atoms with Crippen molar-refractivity contribution in [2.24, 2.45) is 0 Å². The van der Waals surface area contributed by atoms with Gasteiger partial charge in [0.25, 0.3) is 0 Å². The van der Waals surface area contributed by atoms with Crippen LogP contribution in [0.1, 0.15) is 16.7 Å². The van der Waals surface area contributed by atoms with Gasteiger partial charge in [-0.05, 0) is 54.8 Å². The quantitative estimate of drug-likeness (QED) is 0.885. The number of rotatable bonds is 3. The number of amides is 1. The van der Waals surface area contributed by atoms with Crippen LogP contribution in [0.4, 0.5) is 10.1 Å². The van der Waals surface area contributed by atoms with E-state index in [-0.39, 0.29) is 18.1 Å². The van der Waals surface area contributed by atoms with E-state index in [0.29, 0.717) is 0 Å². The summed E-state index contributed by atoms with van der Waals surface area (Å²) in [5, 5.41) is 2.92. The molecule has 0 aliphatic carbocycles. The molecule has 0 spiro atoms. The van der Waals surface area contributed by atoms with Crippen LogP contribution in [0, 0.1) is 19.7 Å². The Balaban J connectivity index is 2.10. The fraction of sp³-hybridized carbons (Fsp3) is 0.188. The van der Waals surface area contributed by atoms with Gasteiger partial charge >= 0.3 is 0 Å². The summed E-state index contributed by atoms with van der Waals surface area (Å²) in [6.45, 7) is 3.90. The predicted octanol–water partition coefficient (Wildman–Crippen LogP) is 4.39. The van der Waals surface area contributed by atoms with E-state index in [1.807, 2.05) is 26.0 Å². The molecule has 0 unspecified atom stereocenters. The predicted molar refractivity (Wildman–Crippen MR) is 82.3 cm³/mol. The highest BCUT2D eigenvalue weighted by Crippen LogP contribution is 2.25. The lowest BCUT2D eigenvalue weighted by molar-refractivity contribution is -0.115. The highest BCUT2D eigenvalue weighted by molar-refractivity contribution is 9.10. The van der Waals surface area contributed by atoms with Gasteiger partial charge in [-0.2, -0.15) is 0 Å². The molecular formula is C16H15BrFNO. The molecular weight excluding hydrogens is 321 g/mol. The van der Waals surface area contributed by atoms with E-state index in [9.17, 15) is 9.18 Å². The number of anilines is 1. The van der Waals surface area contributed by atoms with Crippen molar-refractivity contribution >= 4 is 27.5 Å². The van der Waals surface area contributed by atoms with E-state index in [2.05, 4.69) is 21.2 Å². The summed E-state index contributed by atoms with van der Waals surface area (Å²) in [5.74, 6) is -0.404. The van der Waals surface area contributed by atoms with Crippen LogP contribution < -0.4 is 5.32 Å². The molecule has 20 heavy (non-hydrogen) atoms. The Morgan fingerprint density at radius 1 is 1.15 bits per heavy atom. The SMILES string of the molecule is Cc1cc(Br)cc(C)c1NC(=O)Cc1ccc(F)cc1. The molecule has 2 aromatic rings. The van der Waals surface area contributed by atoms with E-state index in [0.717, 1.165) is 26.9 Å². The highest BCUT2D eigenvalue weighted by Gasteiger charge is 2.09. The van der Waals surface area contributed by atoms with Crippen LogP contribution in [0.5, 0.6) is 0 Å². The zero-order valence-corrected chi connectivity index (χ0v) is 12.9. The van der Waals surface area contributed by atoms with E-state index in [1.165, 1.54) is 12.1 Å². The molecule has 0 saturated carbocycles. The first kappa shape index (κ1) is 14.7. The minimum absolute atomic E-state index is 0.106. The molecule has 0 fully saturated rings. The van der Waals surface area contributed by atoms with Gasteiger partial charge in [0.15, 0.2) is 0 Å². The van der Waals surface area contributed by atoms with Crippen molar-refractivity contribution in [3.05, 3.63) is 63.4 Å². The molecule has 0 atom stereocenters. The summed E-state index contributed by atoms with van der Waals surface area (Å²) >= 11 is 3.43. The van der Waals surface area contributed by atoms with Crippen molar-refractivity contribution in [1.82, 2.24) is 0 Å². The van der Waals surface area contributed by atoms with Gasteiger partial charge in [-0.15, -0.1) is 0 Å². The molecule has 0 heterocycles. The van der Waals surface area contributed by atoms with Crippen molar-refractivity contribution in [2.45, 2.75) is 20.3 Å². The second-order valence-corrected chi connectivity index (χ2v) is 5.68. The van der Waals surface area contributed by atoms with E-state index < -0.39 is 0 Å². The summed E-state index contributed by atoms with van der Waals surface area (Å²) < 4.78 is 13.8. The molecule has 2 rings (SSSR count). The lowest BCUT2D eigenvalue weighted by Gasteiger charge is -2.12. The first-order valence-electron chi connectivity index (χ1n) is 6.27. The summed E-state index contributed by atoms with van der Waals surface area (Å²) in [7, 11) is 0. The van der Waals surface area contributed by atoms with Gasteiger partial charge in [-0.25, -0.2) is 4.39 Å². The third-order valence-corrected chi connectivity index (χ3v) is 3.50. The third-order valence-electron chi connectivity index (χ3n) is 3.04. The van der Waals surface area contributed by atoms with Gasteiger partial charge in [-0.1, -0.05) is 28.1 Å². The second-order valence-electron chi connectivity index (χ2n) is 4.77. The summed E-state index contributed by atoms with van der Waals surface area (Å²) in [4.78, 5) is 12.0. The van der Waals surface area contributed by atoms with Crippen molar-refractivity contribution in [2.75, 3.05) is 5.32 Å². The van der Waals surface area contributed by atoms with Crippen molar-refractivity contribution in [3.8, 4) is 0 Å². The Hall–Kier alpha value is -1.68. The number of hydrogen-bond donors (Lipinski definition) is 1. The van der Waals surface area contributed by atoms with Gasteiger partial charge in [0, 0.05) is 10.2 Å². The molecule has 1 amide bonds. The number of nitrogens with one attached hydrogen (secondary N) is 1. The molecule has 1 N–H and O–H groups in total. The number of aryl methyl sites for hydroxylation is 2. The first-order chi connectivity index (χ1) is 9.45. The van der Waals surface area contributed by atoms with Crippen molar-refractivity contribution in [1.29, 1.82) is 0 Å². The number of carbonyl (C=O) groups excluding carboxylic acids is 1. The fourth-order valence-electron chi connectivity index (χ4n) is 2.08. The monoisotopic (exact) mass is 335 g/mol. The third kappa shape index (κ3) is 3.67. The Bertz CT molecular complexity index is 614. The fourth-order valence-corrected chi connectivity index (χ4v) is 2.77. The van der Waals surface area contributed by atoms with Gasteiger partial charge in [0.2, 0.25) is 5.91 Å². The lowest BCUT2D eigenvalue weighted by Crippen LogP contribution is -2.16. The smallest absolute Gasteiger partial charge is 0.228 e. The average Bonchev–Trinajstić information content (AvgIpc) is 2.36. The summed E-state index contributed by atoms with van der Waals surface area (Å²) in [5.41, 5.74) is 3.63. The number of halogens is 2. The normalized spacial score (nSPS) is 10.4. The van der Waals surface area contributed by atoms with Crippen LogP contribution in [-0.2, 0) is 11.2 Å². The van der Waals surface area contributed by atoms with Crippen molar-refractivity contribution < 1.29 is 9.18 Å². The summed E-state index contributed by atoms with van der Waals surface area (Å²) in [6, 6.07) is 9.88. The Morgan fingerprint density at radius 2 is 1.70 bits per heavy atom. The van der Waals surface area contributed by atoms with E-state index >= 15 is 0 Å². The maximum atomic E-state index is 12.8. The molecule has 0 saturated heterocycles.